The monoisotopic (exact) mass is 347 g/mol. The molecule has 0 aliphatic rings. The van der Waals surface area contributed by atoms with Crippen LogP contribution in [-0.4, -0.2) is 48.3 Å². The smallest absolute Gasteiger partial charge is 0.356 e. The molecule has 0 bridgehead atoms. The number of aromatic nitrogens is 2. The van der Waals surface area contributed by atoms with Gasteiger partial charge in [0.05, 0.1) is 33.7 Å². The Morgan fingerprint density at radius 3 is 2.00 bits per heavy atom. The Bertz CT molecular complexity index is 751. The second-order valence-corrected chi connectivity index (χ2v) is 4.81. The van der Waals surface area contributed by atoms with Crippen LogP contribution < -0.4 is 19.5 Å². The number of nitrogens with one attached hydrogen (secondary N) is 1. The second kappa shape index (κ2) is 7.95. The van der Waals surface area contributed by atoms with Gasteiger partial charge in [0, 0.05) is 6.54 Å². The molecule has 0 unspecified atom stereocenters. The van der Waals surface area contributed by atoms with Crippen molar-refractivity contribution < 1.29 is 28.9 Å². The molecule has 0 aliphatic carbocycles. The van der Waals surface area contributed by atoms with Crippen molar-refractivity contribution in [2.24, 2.45) is 0 Å². The molecule has 0 aliphatic heterocycles. The predicted molar refractivity (Wildman–Crippen MR) is 86.3 cm³/mol. The van der Waals surface area contributed by atoms with Crippen molar-refractivity contribution in [3.05, 3.63) is 41.5 Å². The van der Waals surface area contributed by atoms with Gasteiger partial charge in [-0.25, -0.2) is 14.8 Å². The number of carbonyl (C=O) groups is 2. The summed E-state index contributed by atoms with van der Waals surface area (Å²) in [5, 5.41) is 11.4. The number of ether oxygens (including phenoxy) is 3. The van der Waals surface area contributed by atoms with Crippen molar-refractivity contribution in [2.45, 2.75) is 6.54 Å². The zero-order valence-electron chi connectivity index (χ0n) is 13.9. The number of hydrogen-bond acceptors (Lipinski definition) is 7. The standard InChI is InChI=1S/C16H17N3O6/c1-23-12-4-9(5-13(24-2)14(12)25-3)6-19-15(20)10-7-18-11(8-17-10)16(21)22/h4-5,7-8H,6H2,1-3H3,(H,19,20)(H,21,22). The van der Waals surface area contributed by atoms with E-state index in [4.69, 9.17) is 19.3 Å². The van der Waals surface area contributed by atoms with Gasteiger partial charge < -0.3 is 24.6 Å². The maximum atomic E-state index is 12.1. The van der Waals surface area contributed by atoms with Crippen LogP contribution in [0.15, 0.2) is 24.5 Å². The molecule has 2 rings (SSSR count). The molecule has 132 valence electrons. The van der Waals surface area contributed by atoms with Crippen molar-refractivity contribution in [2.75, 3.05) is 21.3 Å². The number of methoxy groups -OCH3 is 3. The van der Waals surface area contributed by atoms with E-state index in [2.05, 4.69) is 15.3 Å². The van der Waals surface area contributed by atoms with Gasteiger partial charge in [0.15, 0.2) is 17.2 Å². The molecule has 0 saturated carbocycles. The Labute approximate surface area is 143 Å². The number of carbonyl (C=O) groups excluding carboxylic acids is 1. The molecule has 1 aromatic heterocycles. The van der Waals surface area contributed by atoms with Gasteiger partial charge in [-0.3, -0.25) is 4.79 Å². The summed E-state index contributed by atoms with van der Waals surface area (Å²) >= 11 is 0. The highest BCUT2D eigenvalue weighted by Gasteiger charge is 2.15. The first-order valence-electron chi connectivity index (χ1n) is 7.12. The first kappa shape index (κ1) is 18.0. The molecule has 25 heavy (non-hydrogen) atoms. The second-order valence-electron chi connectivity index (χ2n) is 4.81. The molecule has 0 spiro atoms. The summed E-state index contributed by atoms with van der Waals surface area (Å²) < 4.78 is 15.7. The Morgan fingerprint density at radius 1 is 1.00 bits per heavy atom. The number of hydrogen-bond donors (Lipinski definition) is 2. The summed E-state index contributed by atoms with van der Waals surface area (Å²) in [6.45, 7) is 0.178. The van der Waals surface area contributed by atoms with Crippen LogP contribution in [0.25, 0.3) is 0 Å². The van der Waals surface area contributed by atoms with Gasteiger partial charge >= 0.3 is 5.97 Å². The third-order valence-corrected chi connectivity index (χ3v) is 3.28. The topological polar surface area (TPSA) is 120 Å². The molecule has 9 nitrogen and oxygen atoms in total. The minimum atomic E-state index is -1.21. The molecular formula is C16H17N3O6. The largest absolute Gasteiger partial charge is 0.493 e. The fourth-order valence-electron chi connectivity index (χ4n) is 2.07. The first-order chi connectivity index (χ1) is 12.0. The number of benzene rings is 1. The number of amides is 1. The normalized spacial score (nSPS) is 10.0. The van der Waals surface area contributed by atoms with Gasteiger partial charge in [0.2, 0.25) is 5.75 Å². The van der Waals surface area contributed by atoms with E-state index in [1.165, 1.54) is 21.3 Å². The van der Waals surface area contributed by atoms with E-state index in [0.717, 1.165) is 18.0 Å². The molecule has 0 fully saturated rings. The third-order valence-electron chi connectivity index (χ3n) is 3.28. The van der Waals surface area contributed by atoms with E-state index in [9.17, 15) is 9.59 Å². The van der Waals surface area contributed by atoms with Crippen molar-refractivity contribution in [3.8, 4) is 17.2 Å². The predicted octanol–water partition coefficient (Wildman–Crippen LogP) is 1.13. The van der Waals surface area contributed by atoms with Crippen LogP contribution in [0.5, 0.6) is 17.2 Å². The van der Waals surface area contributed by atoms with Crippen molar-refractivity contribution in [1.29, 1.82) is 0 Å². The number of rotatable bonds is 7. The summed E-state index contributed by atoms with van der Waals surface area (Å²) in [6, 6.07) is 3.42. The van der Waals surface area contributed by atoms with Crippen LogP contribution in [0, 0.1) is 0 Å². The summed E-state index contributed by atoms with van der Waals surface area (Å²) in [5.41, 5.74) is 0.497. The van der Waals surface area contributed by atoms with Crippen LogP contribution in [0.1, 0.15) is 26.5 Å². The van der Waals surface area contributed by atoms with Gasteiger partial charge in [0.25, 0.3) is 5.91 Å². The van der Waals surface area contributed by atoms with E-state index in [-0.39, 0.29) is 17.9 Å². The zero-order chi connectivity index (χ0) is 18.4. The Kier molecular flexibility index (Phi) is 5.72. The highest BCUT2D eigenvalue weighted by molar-refractivity contribution is 5.92. The van der Waals surface area contributed by atoms with Crippen LogP contribution in [-0.2, 0) is 6.54 Å². The molecule has 1 aromatic carbocycles. The average molecular weight is 347 g/mol. The fraction of sp³-hybridized carbons (Fsp3) is 0.250. The molecule has 1 heterocycles. The summed E-state index contributed by atoms with van der Waals surface area (Å²) in [4.78, 5) is 30.2. The number of nitrogens with zero attached hydrogens (tertiary/aromatic N) is 2. The lowest BCUT2D eigenvalue weighted by atomic mass is 10.1. The Morgan fingerprint density at radius 2 is 1.56 bits per heavy atom. The maximum absolute atomic E-state index is 12.1. The van der Waals surface area contributed by atoms with E-state index >= 15 is 0 Å². The summed E-state index contributed by atoms with van der Waals surface area (Å²) in [5.74, 6) is -0.307. The Hall–Kier alpha value is -3.36. The highest BCUT2D eigenvalue weighted by Crippen LogP contribution is 2.38. The first-order valence-corrected chi connectivity index (χ1v) is 7.12. The highest BCUT2D eigenvalue weighted by atomic mass is 16.5. The zero-order valence-corrected chi connectivity index (χ0v) is 13.9. The van der Waals surface area contributed by atoms with Crippen molar-refractivity contribution in [1.82, 2.24) is 15.3 Å². The van der Waals surface area contributed by atoms with Crippen molar-refractivity contribution in [3.63, 3.8) is 0 Å². The minimum Gasteiger partial charge on any atom is -0.493 e. The molecule has 9 heteroatoms. The lowest BCUT2D eigenvalue weighted by Crippen LogP contribution is -2.24. The number of aromatic carboxylic acids is 1. The SMILES string of the molecule is COc1cc(CNC(=O)c2cnc(C(=O)O)cn2)cc(OC)c1OC. The average Bonchev–Trinajstić information content (AvgIpc) is 2.64. The molecule has 2 aromatic rings. The maximum Gasteiger partial charge on any atom is 0.356 e. The fourth-order valence-corrected chi connectivity index (χ4v) is 2.07. The van der Waals surface area contributed by atoms with Gasteiger partial charge in [-0.1, -0.05) is 0 Å². The molecule has 1 amide bonds. The summed E-state index contributed by atoms with van der Waals surface area (Å²) in [6.07, 6.45) is 2.13. The Balaban J connectivity index is 2.12. The van der Waals surface area contributed by atoms with Crippen molar-refractivity contribution >= 4 is 11.9 Å². The molecule has 0 atom stereocenters. The molecular weight excluding hydrogens is 330 g/mol. The van der Waals surface area contributed by atoms with Gasteiger partial charge in [-0.05, 0) is 17.7 Å². The molecule has 2 N–H and O–H groups in total. The lowest BCUT2D eigenvalue weighted by Gasteiger charge is -2.14. The quantitative estimate of drug-likeness (QED) is 0.765. The molecule has 0 radical (unpaired) electrons. The summed E-state index contributed by atoms with van der Waals surface area (Å²) in [7, 11) is 4.50. The van der Waals surface area contributed by atoms with Crippen LogP contribution in [0.4, 0.5) is 0 Å². The van der Waals surface area contributed by atoms with E-state index in [1.807, 2.05) is 0 Å². The van der Waals surface area contributed by atoms with Gasteiger partial charge in [-0.2, -0.15) is 0 Å². The van der Waals surface area contributed by atoms with Crippen LogP contribution in [0.3, 0.4) is 0 Å². The van der Waals surface area contributed by atoms with Gasteiger partial charge in [-0.15, -0.1) is 0 Å². The number of carboxylic acids is 1. The number of carboxylic acid groups (broad SMARTS) is 1. The van der Waals surface area contributed by atoms with Crippen LogP contribution >= 0.6 is 0 Å². The van der Waals surface area contributed by atoms with Crippen LogP contribution in [0.2, 0.25) is 0 Å². The van der Waals surface area contributed by atoms with E-state index < -0.39 is 11.9 Å². The van der Waals surface area contributed by atoms with E-state index in [1.54, 1.807) is 12.1 Å². The third kappa shape index (κ3) is 4.14. The lowest BCUT2D eigenvalue weighted by molar-refractivity contribution is 0.0689. The van der Waals surface area contributed by atoms with Gasteiger partial charge in [0.1, 0.15) is 5.69 Å². The van der Waals surface area contributed by atoms with E-state index in [0.29, 0.717) is 17.2 Å². The minimum absolute atomic E-state index is 0.0115. The molecule has 0 saturated heterocycles.